The van der Waals surface area contributed by atoms with E-state index in [1.54, 1.807) is 43.3 Å². The SMILES string of the molecule is Cc1ccc(C(=O)Nc2ccccc2Br)cc1NC1=C(Cl)C(=O)N(c2ccc(F)c(Cl)c2)C1=O. The van der Waals surface area contributed by atoms with Gasteiger partial charge < -0.3 is 10.6 Å². The number of amides is 3. The number of hydrogen-bond donors (Lipinski definition) is 2. The molecule has 0 aromatic heterocycles. The first-order valence-electron chi connectivity index (χ1n) is 9.84. The Labute approximate surface area is 212 Å². The maximum absolute atomic E-state index is 13.5. The zero-order chi connectivity index (χ0) is 24.6. The normalized spacial score (nSPS) is 13.5. The minimum absolute atomic E-state index is 0.0784. The molecule has 0 spiro atoms. The Morgan fingerprint density at radius 2 is 1.71 bits per heavy atom. The number of carbonyl (C=O) groups is 3. The van der Waals surface area contributed by atoms with Gasteiger partial charge in [-0.05, 0) is 70.9 Å². The number of halogens is 4. The summed E-state index contributed by atoms with van der Waals surface area (Å²) in [5.41, 5.74) is 1.94. The van der Waals surface area contributed by atoms with Crippen LogP contribution in [0.15, 0.2) is 75.9 Å². The Hall–Kier alpha value is -3.20. The Morgan fingerprint density at radius 3 is 2.41 bits per heavy atom. The van der Waals surface area contributed by atoms with Crippen LogP contribution in [0, 0.1) is 12.7 Å². The monoisotopic (exact) mass is 561 g/mol. The number of nitrogens with zero attached hydrogens (tertiary/aromatic N) is 1. The van der Waals surface area contributed by atoms with Gasteiger partial charge in [0.1, 0.15) is 16.5 Å². The highest BCUT2D eigenvalue weighted by atomic mass is 79.9. The molecule has 3 amide bonds. The van der Waals surface area contributed by atoms with Crippen LogP contribution in [0.1, 0.15) is 15.9 Å². The molecule has 3 aromatic rings. The summed E-state index contributed by atoms with van der Waals surface area (Å²) in [6, 6.07) is 15.5. The summed E-state index contributed by atoms with van der Waals surface area (Å²) in [6.45, 7) is 1.77. The van der Waals surface area contributed by atoms with Crippen molar-refractivity contribution in [3.63, 3.8) is 0 Å². The maximum atomic E-state index is 13.5. The van der Waals surface area contributed by atoms with Gasteiger partial charge in [0, 0.05) is 15.7 Å². The molecule has 0 unspecified atom stereocenters. The van der Waals surface area contributed by atoms with Crippen molar-refractivity contribution in [2.24, 2.45) is 0 Å². The van der Waals surface area contributed by atoms with Gasteiger partial charge in [0.05, 0.1) is 16.4 Å². The van der Waals surface area contributed by atoms with Crippen LogP contribution in [0.2, 0.25) is 5.02 Å². The molecule has 172 valence electrons. The topological polar surface area (TPSA) is 78.5 Å². The van der Waals surface area contributed by atoms with Gasteiger partial charge in [-0.1, -0.05) is 41.4 Å². The average Bonchev–Trinajstić information content (AvgIpc) is 3.01. The molecule has 1 aliphatic heterocycles. The van der Waals surface area contributed by atoms with Crippen molar-refractivity contribution in [1.82, 2.24) is 0 Å². The zero-order valence-corrected chi connectivity index (χ0v) is 20.6. The van der Waals surface area contributed by atoms with E-state index in [-0.39, 0.29) is 27.3 Å². The number of para-hydroxylation sites is 1. The van der Waals surface area contributed by atoms with Crippen molar-refractivity contribution in [2.75, 3.05) is 15.5 Å². The molecule has 1 heterocycles. The highest BCUT2D eigenvalue weighted by Gasteiger charge is 2.39. The number of carbonyl (C=O) groups excluding carboxylic acids is 3. The van der Waals surface area contributed by atoms with Gasteiger partial charge in [-0.15, -0.1) is 0 Å². The molecule has 3 aromatic carbocycles. The fourth-order valence-electron chi connectivity index (χ4n) is 3.26. The minimum atomic E-state index is -0.780. The highest BCUT2D eigenvalue weighted by Crippen LogP contribution is 2.33. The molecule has 0 bridgehead atoms. The van der Waals surface area contributed by atoms with E-state index in [9.17, 15) is 18.8 Å². The zero-order valence-electron chi connectivity index (χ0n) is 17.5. The van der Waals surface area contributed by atoms with Crippen molar-refractivity contribution < 1.29 is 18.8 Å². The van der Waals surface area contributed by atoms with Crippen LogP contribution in [0.4, 0.5) is 21.5 Å². The van der Waals surface area contributed by atoms with Crippen molar-refractivity contribution >= 4 is 73.9 Å². The summed E-state index contributed by atoms with van der Waals surface area (Å²) in [4.78, 5) is 39.3. The molecule has 4 rings (SSSR count). The standard InChI is InChI=1S/C24H15BrCl2FN3O3/c1-12-6-7-13(22(32)30-18-5-3-2-4-15(18)25)10-19(12)29-21-20(27)23(33)31(24(21)34)14-8-9-17(28)16(26)11-14/h2-11,29H,1H3,(H,30,32). The van der Waals surface area contributed by atoms with E-state index < -0.39 is 17.6 Å². The predicted molar refractivity (Wildman–Crippen MR) is 134 cm³/mol. The number of anilines is 3. The third-order valence-corrected chi connectivity index (χ3v) is 6.40. The fraction of sp³-hybridized carbons (Fsp3) is 0.0417. The van der Waals surface area contributed by atoms with E-state index in [1.807, 2.05) is 6.07 Å². The van der Waals surface area contributed by atoms with Crippen LogP contribution in [0.3, 0.4) is 0 Å². The van der Waals surface area contributed by atoms with Crippen LogP contribution in [0.5, 0.6) is 0 Å². The lowest BCUT2D eigenvalue weighted by atomic mass is 10.1. The number of benzene rings is 3. The third kappa shape index (κ3) is 4.57. The van der Waals surface area contributed by atoms with E-state index in [0.29, 0.717) is 22.5 Å². The van der Waals surface area contributed by atoms with Crippen LogP contribution < -0.4 is 15.5 Å². The first-order valence-corrected chi connectivity index (χ1v) is 11.4. The molecular formula is C24H15BrCl2FN3O3. The average molecular weight is 563 g/mol. The number of rotatable bonds is 5. The first kappa shape index (κ1) is 23.9. The Kier molecular flexibility index (Phi) is 6.74. The second-order valence-corrected chi connectivity index (χ2v) is 8.96. The summed E-state index contributed by atoms with van der Waals surface area (Å²) in [6.07, 6.45) is 0. The Morgan fingerprint density at radius 1 is 0.971 bits per heavy atom. The van der Waals surface area contributed by atoms with Gasteiger partial charge in [0.15, 0.2) is 0 Å². The number of aryl methyl sites for hydroxylation is 1. The van der Waals surface area contributed by atoms with Gasteiger partial charge in [0.2, 0.25) is 0 Å². The lowest BCUT2D eigenvalue weighted by Crippen LogP contribution is -2.32. The molecule has 0 aliphatic carbocycles. The van der Waals surface area contributed by atoms with Crippen molar-refractivity contribution in [2.45, 2.75) is 6.92 Å². The summed E-state index contributed by atoms with van der Waals surface area (Å²) < 4.78 is 14.2. The molecule has 2 N–H and O–H groups in total. The Bertz CT molecular complexity index is 1390. The van der Waals surface area contributed by atoms with E-state index >= 15 is 0 Å². The van der Waals surface area contributed by atoms with Crippen LogP contribution in [0.25, 0.3) is 0 Å². The second kappa shape index (κ2) is 9.58. The quantitative estimate of drug-likeness (QED) is 0.361. The minimum Gasteiger partial charge on any atom is -0.349 e. The molecule has 0 radical (unpaired) electrons. The Balaban J connectivity index is 1.60. The van der Waals surface area contributed by atoms with Crippen LogP contribution >= 0.6 is 39.1 Å². The van der Waals surface area contributed by atoms with Crippen molar-refractivity contribution in [3.05, 3.63) is 97.8 Å². The van der Waals surface area contributed by atoms with E-state index in [0.717, 1.165) is 21.5 Å². The van der Waals surface area contributed by atoms with Gasteiger partial charge >= 0.3 is 0 Å². The van der Waals surface area contributed by atoms with E-state index in [4.69, 9.17) is 23.2 Å². The third-order valence-electron chi connectivity index (χ3n) is 5.07. The lowest BCUT2D eigenvalue weighted by Gasteiger charge is -2.16. The van der Waals surface area contributed by atoms with E-state index in [1.165, 1.54) is 6.07 Å². The molecule has 0 atom stereocenters. The first-order chi connectivity index (χ1) is 16.2. The number of imide groups is 1. The molecule has 0 saturated carbocycles. The predicted octanol–water partition coefficient (Wildman–Crippen LogP) is 6.24. The molecule has 0 saturated heterocycles. The van der Waals surface area contributed by atoms with E-state index in [2.05, 4.69) is 26.6 Å². The van der Waals surface area contributed by atoms with Crippen LogP contribution in [-0.2, 0) is 9.59 Å². The molecular weight excluding hydrogens is 548 g/mol. The summed E-state index contributed by atoms with van der Waals surface area (Å²) in [7, 11) is 0. The van der Waals surface area contributed by atoms with Gasteiger partial charge in [-0.2, -0.15) is 0 Å². The van der Waals surface area contributed by atoms with Crippen molar-refractivity contribution in [1.29, 1.82) is 0 Å². The molecule has 0 fully saturated rings. The summed E-state index contributed by atoms with van der Waals surface area (Å²) in [5.74, 6) is -2.57. The van der Waals surface area contributed by atoms with Crippen molar-refractivity contribution in [3.8, 4) is 0 Å². The molecule has 34 heavy (non-hydrogen) atoms. The number of nitrogens with one attached hydrogen (secondary N) is 2. The van der Waals surface area contributed by atoms with Gasteiger partial charge in [-0.3, -0.25) is 14.4 Å². The smallest absolute Gasteiger partial charge is 0.283 e. The highest BCUT2D eigenvalue weighted by molar-refractivity contribution is 9.10. The lowest BCUT2D eigenvalue weighted by molar-refractivity contribution is -0.120. The summed E-state index contributed by atoms with van der Waals surface area (Å²) >= 11 is 15.4. The van der Waals surface area contributed by atoms with Gasteiger partial charge in [0.25, 0.3) is 17.7 Å². The maximum Gasteiger partial charge on any atom is 0.283 e. The molecule has 10 heteroatoms. The largest absolute Gasteiger partial charge is 0.349 e. The summed E-state index contributed by atoms with van der Waals surface area (Å²) in [5, 5.41) is 5.10. The van der Waals surface area contributed by atoms with Crippen LogP contribution in [-0.4, -0.2) is 17.7 Å². The molecule has 6 nitrogen and oxygen atoms in total. The number of hydrogen-bond acceptors (Lipinski definition) is 4. The molecule has 1 aliphatic rings. The fourth-order valence-corrected chi connectivity index (χ4v) is 4.03. The second-order valence-electron chi connectivity index (χ2n) is 7.32. The van der Waals surface area contributed by atoms with Gasteiger partial charge in [-0.25, -0.2) is 9.29 Å².